The Balaban J connectivity index is 1.50. The third-order valence-electron chi connectivity index (χ3n) is 3.23. The maximum Gasteiger partial charge on any atom is 0.262 e. The first kappa shape index (κ1) is 14.3. The van der Waals surface area contributed by atoms with Crippen LogP contribution in [0.15, 0.2) is 42.5 Å². The van der Waals surface area contributed by atoms with Gasteiger partial charge in [-0.2, -0.15) is 0 Å². The van der Waals surface area contributed by atoms with Crippen molar-refractivity contribution in [2.75, 3.05) is 25.1 Å². The van der Waals surface area contributed by atoms with Crippen LogP contribution in [-0.4, -0.2) is 25.7 Å². The number of benzene rings is 2. The summed E-state index contributed by atoms with van der Waals surface area (Å²) < 4.78 is 16.5. The molecule has 0 aliphatic carbocycles. The number of hydrogen-bond donors (Lipinski definition) is 1. The van der Waals surface area contributed by atoms with Crippen LogP contribution < -0.4 is 19.5 Å². The van der Waals surface area contributed by atoms with Gasteiger partial charge in [0.15, 0.2) is 6.61 Å². The lowest BCUT2D eigenvalue weighted by Crippen LogP contribution is -2.25. The fourth-order valence-electron chi connectivity index (χ4n) is 2.11. The molecule has 0 bridgehead atoms. The Morgan fingerprint density at radius 1 is 1.05 bits per heavy atom. The van der Waals surface area contributed by atoms with Crippen LogP contribution in [0.2, 0.25) is 0 Å². The molecule has 5 nitrogen and oxygen atoms in total. The molecule has 0 unspecified atom stereocenters. The summed E-state index contributed by atoms with van der Waals surface area (Å²) in [6.07, 6.45) is 0. The standard InChI is InChI=1S/C17H17NO4/c1-12-2-4-13(5-3-12)20-8-9-21-14-6-7-16-15(10-14)18-17(19)11-22-16/h2-7,10H,8-9,11H2,1H3,(H,18,19). The third kappa shape index (κ3) is 3.49. The zero-order chi connectivity index (χ0) is 15.4. The van der Waals surface area contributed by atoms with Gasteiger partial charge < -0.3 is 19.5 Å². The summed E-state index contributed by atoms with van der Waals surface area (Å²) >= 11 is 0. The predicted molar refractivity (Wildman–Crippen MR) is 82.7 cm³/mol. The molecular formula is C17H17NO4. The number of nitrogens with one attached hydrogen (secondary N) is 1. The molecule has 1 aliphatic heterocycles. The van der Waals surface area contributed by atoms with Crippen LogP contribution in [0, 0.1) is 6.92 Å². The topological polar surface area (TPSA) is 56.8 Å². The van der Waals surface area contributed by atoms with E-state index in [0.717, 1.165) is 5.75 Å². The molecule has 0 fully saturated rings. The molecular weight excluding hydrogens is 282 g/mol. The maximum absolute atomic E-state index is 11.3. The number of anilines is 1. The van der Waals surface area contributed by atoms with E-state index in [9.17, 15) is 4.79 Å². The monoisotopic (exact) mass is 299 g/mol. The molecule has 0 saturated heterocycles. The molecule has 2 aromatic carbocycles. The largest absolute Gasteiger partial charge is 0.490 e. The summed E-state index contributed by atoms with van der Waals surface area (Å²) in [5, 5.41) is 2.75. The lowest BCUT2D eigenvalue weighted by molar-refractivity contribution is -0.118. The minimum absolute atomic E-state index is 0.0532. The first-order valence-electron chi connectivity index (χ1n) is 7.10. The minimum Gasteiger partial charge on any atom is -0.490 e. The van der Waals surface area contributed by atoms with E-state index in [0.29, 0.717) is 30.4 Å². The summed E-state index contributed by atoms with van der Waals surface area (Å²) in [7, 11) is 0. The van der Waals surface area contributed by atoms with Crippen molar-refractivity contribution < 1.29 is 19.0 Å². The number of hydrogen-bond acceptors (Lipinski definition) is 4. The molecule has 0 spiro atoms. The summed E-state index contributed by atoms with van der Waals surface area (Å²) in [4.78, 5) is 11.3. The van der Waals surface area contributed by atoms with Gasteiger partial charge in [0.05, 0.1) is 5.69 Å². The molecule has 1 aliphatic rings. The average Bonchev–Trinajstić information content (AvgIpc) is 2.53. The number of aryl methyl sites for hydroxylation is 1. The molecule has 0 radical (unpaired) electrons. The number of carbonyl (C=O) groups is 1. The number of carbonyl (C=O) groups excluding carboxylic acids is 1. The lowest BCUT2D eigenvalue weighted by atomic mass is 10.2. The normalized spacial score (nSPS) is 12.9. The fraction of sp³-hybridized carbons (Fsp3) is 0.235. The van der Waals surface area contributed by atoms with Crippen molar-refractivity contribution in [3.63, 3.8) is 0 Å². The number of ether oxygens (including phenoxy) is 3. The van der Waals surface area contributed by atoms with Gasteiger partial charge in [-0.25, -0.2) is 0 Å². The Hall–Kier alpha value is -2.69. The van der Waals surface area contributed by atoms with Gasteiger partial charge in [-0.1, -0.05) is 17.7 Å². The smallest absolute Gasteiger partial charge is 0.262 e. The summed E-state index contributed by atoms with van der Waals surface area (Å²) in [5.41, 5.74) is 1.83. The lowest BCUT2D eigenvalue weighted by Gasteiger charge is -2.18. The van der Waals surface area contributed by atoms with E-state index in [1.54, 1.807) is 12.1 Å². The Kier molecular flexibility index (Phi) is 4.14. The molecule has 0 saturated carbocycles. The van der Waals surface area contributed by atoms with Crippen molar-refractivity contribution in [3.05, 3.63) is 48.0 Å². The second-order valence-corrected chi connectivity index (χ2v) is 5.00. The van der Waals surface area contributed by atoms with Gasteiger partial charge in [0.1, 0.15) is 30.5 Å². The Labute approximate surface area is 128 Å². The first-order valence-corrected chi connectivity index (χ1v) is 7.10. The molecule has 1 amide bonds. The summed E-state index contributed by atoms with van der Waals surface area (Å²) in [6.45, 7) is 2.95. The second-order valence-electron chi connectivity index (χ2n) is 5.00. The van der Waals surface area contributed by atoms with Gasteiger partial charge >= 0.3 is 0 Å². The van der Waals surface area contributed by atoms with E-state index < -0.39 is 0 Å². The average molecular weight is 299 g/mol. The Morgan fingerprint density at radius 2 is 1.73 bits per heavy atom. The van der Waals surface area contributed by atoms with E-state index in [-0.39, 0.29) is 12.5 Å². The van der Waals surface area contributed by atoms with E-state index in [4.69, 9.17) is 14.2 Å². The second kappa shape index (κ2) is 6.39. The number of amides is 1. The van der Waals surface area contributed by atoms with Crippen LogP contribution in [0.25, 0.3) is 0 Å². The van der Waals surface area contributed by atoms with Gasteiger partial charge in [0, 0.05) is 6.07 Å². The van der Waals surface area contributed by atoms with Crippen molar-refractivity contribution in [1.82, 2.24) is 0 Å². The molecule has 114 valence electrons. The van der Waals surface area contributed by atoms with Crippen LogP contribution >= 0.6 is 0 Å². The van der Waals surface area contributed by atoms with Crippen LogP contribution in [0.1, 0.15) is 5.56 Å². The molecule has 1 N–H and O–H groups in total. The first-order chi connectivity index (χ1) is 10.7. The van der Waals surface area contributed by atoms with Crippen molar-refractivity contribution in [3.8, 4) is 17.2 Å². The highest BCUT2D eigenvalue weighted by atomic mass is 16.5. The van der Waals surface area contributed by atoms with Crippen LogP contribution in [0.4, 0.5) is 5.69 Å². The molecule has 0 aromatic heterocycles. The maximum atomic E-state index is 11.3. The van der Waals surface area contributed by atoms with Crippen LogP contribution in [0.5, 0.6) is 17.2 Å². The van der Waals surface area contributed by atoms with E-state index in [2.05, 4.69) is 5.32 Å². The van der Waals surface area contributed by atoms with Gasteiger partial charge in [-0.15, -0.1) is 0 Å². The molecule has 3 rings (SSSR count). The van der Waals surface area contributed by atoms with Gasteiger partial charge in [-0.3, -0.25) is 4.79 Å². The Morgan fingerprint density at radius 3 is 2.50 bits per heavy atom. The minimum atomic E-state index is -0.160. The fourth-order valence-corrected chi connectivity index (χ4v) is 2.11. The quantitative estimate of drug-likeness (QED) is 0.863. The van der Waals surface area contributed by atoms with Gasteiger partial charge in [-0.05, 0) is 31.2 Å². The van der Waals surface area contributed by atoms with Crippen LogP contribution in [-0.2, 0) is 4.79 Å². The SMILES string of the molecule is Cc1ccc(OCCOc2ccc3c(c2)NC(=O)CO3)cc1. The zero-order valence-electron chi connectivity index (χ0n) is 12.3. The summed E-state index contributed by atoms with van der Waals surface area (Å²) in [5.74, 6) is 1.98. The number of rotatable bonds is 5. The molecule has 1 heterocycles. The molecule has 5 heteroatoms. The zero-order valence-corrected chi connectivity index (χ0v) is 12.3. The van der Waals surface area contributed by atoms with Crippen molar-refractivity contribution >= 4 is 11.6 Å². The van der Waals surface area contributed by atoms with Gasteiger partial charge in [0.2, 0.25) is 0 Å². The van der Waals surface area contributed by atoms with Gasteiger partial charge in [0.25, 0.3) is 5.91 Å². The van der Waals surface area contributed by atoms with E-state index >= 15 is 0 Å². The molecule has 2 aromatic rings. The van der Waals surface area contributed by atoms with Crippen molar-refractivity contribution in [2.24, 2.45) is 0 Å². The highest BCUT2D eigenvalue weighted by molar-refractivity contribution is 5.95. The third-order valence-corrected chi connectivity index (χ3v) is 3.23. The van der Waals surface area contributed by atoms with Crippen molar-refractivity contribution in [1.29, 1.82) is 0 Å². The highest BCUT2D eigenvalue weighted by Crippen LogP contribution is 2.31. The highest BCUT2D eigenvalue weighted by Gasteiger charge is 2.16. The molecule has 0 atom stereocenters. The van der Waals surface area contributed by atoms with Crippen molar-refractivity contribution in [2.45, 2.75) is 6.92 Å². The van der Waals surface area contributed by atoms with E-state index in [1.807, 2.05) is 37.3 Å². The predicted octanol–water partition coefficient (Wildman–Crippen LogP) is 2.78. The van der Waals surface area contributed by atoms with E-state index in [1.165, 1.54) is 5.56 Å². The summed E-state index contributed by atoms with van der Waals surface area (Å²) in [6, 6.07) is 13.2. The molecule has 22 heavy (non-hydrogen) atoms. The van der Waals surface area contributed by atoms with Crippen LogP contribution in [0.3, 0.4) is 0 Å². The number of fused-ring (bicyclic) bond motifs is 1. The Bertz CT molecular complexity index is 667.